The van der Waals surface area contributed by atoms with Crippen molar-refractivity contribution in [2.75, 3.05) is 0 Å². The number of hydrogen-bond donors (Lipinski definition) is 0. The zero-order valence-corrected chi connectivity index (χ0v) is 20.5. The molecular formula is C23H15Cl3F3N3OS. The lowest BCUT2D eigenvalue weighted by Gasteiger charge is -2.20. The minimum Gasteiger partial charge on any atom is -0.431 e. The zero-order valence-electron chi connectivity index (χ0n) is 17.4. The Balaban J connectivity index is 1.63. The highest BCUT2D eigenvalue weighted by molar-refractivity contribution is 7.14. The summed E-state index contributed by atoms with van der Waals surface area (Å²) in [6.07, 6.45) is -2.70. The van der Waals surface area contributed by atoms with Gasteiger partial charge in [-0.05, 0) is 42.0 Å². The molecule has 4 rings (SSSR count). The molecule has 176 valence electrons. The number of aryl methyl sites for hydroxylation is 1. The molecule has 34 heavy (non-hydrogen) atoms. The summed E-state index contributed by atoms with van der Waals surface area (Å²) in [6, 6.07) is 10.3. The van der Waals surface area contributed by atoms with Crippen LogP contribution in [0, 0.1) is 5.82 Å². The third-order valence-electron chi connectivity index (χ3n) is 4.82. The number of thiophene rings is 1. The van der Waals surface area contributed by atoms with E-state index in [1.165, 1.54) is 40.3 Å². The largest absolute Gasteiger partial charge is 0.431 e. The normalized spacial score (nSPS) is 12.6. The van der Waals surface area contributed by atoms with Gasteiger partial charge in [0, 0.05) is 18.0 Å². The molecule has 0 saturated carbocycles. The van der Waals surface area contributed by atoms with Gasteiger partial charge < -0.3 is 4.74 Å². The summed E-state index contributed by atoms with van der Waals surface area (Å²) in [4.78, 5) is 5.13. The molecule has 0 amide bonds. The average molecular weight is 545 g/mol. The van der Waals surface area contributed by atoms with E-state index in [0.717, 1.165) is 6.08 Å². The van der Waals surface area contributed by atoms with E-state index >= 15 is 0 Å². The van der Waals surface area contributed by atoms with E-state index in [4.69, 9.17) is 39.5 Å². The molecule has 0 aliphatic heterocycles. The number of halogens is 6. The minimum atomic E-state index is -3.61. The topological polar surface area (TPSA) is 39.9 Å². The van der Waals surface area contributed by atoms with Crippen LogP contribution >= 0.6 is 46.1 Å². The maximum atomic E-state index is 14.3. The Kier molecular flexibility index (Phi) is 6.96. The Morgan fingerprint density at radius 1 is 1.18 bits per heavy atom. The van der Waals surface area contributed by atoms with Crippen molar-refractivity contribution in [3.05, 3.63) is 76.4 Å². The van der Waals surface area contributed by atoms with Gasteiger partial charge in [-0.2, -0.15) is 13.9 Å². The first-order chi connectivity index (χ1) is 16.1. The molecule has 0 fully saturated rings. The Morgan fingerprint density at radius 2 is 1.88 bits per heavy atom. The molecule has 0 aliphatic rings. The van der Waals surface area contributed by atoms with Crippen LogP contribution in [0.1, 0.15) is 0 Å². The first-order valence-corrected chi connectivity index (χ1v) is 11.8. The van der Waals surface area contributed by atoms with Gasteiger partial charge in [-0.25, -0.2) is 14.1 Å². The summed E-state index contributed by atoms with van der Waals surface area (Å²) in [5.74, 6) is -0.0555. The SMILES string of the molecule is C=C[C@@H](Cl)C(F)(F)Oc1ccc(-c2scc(-c3nc(-c4c(F)cccc4Cl)nn3C)c2Cl)cc1. The summed E-state index contributed by atoms with van der Waals surface area (Å²) < 4.78 is 48.3. The van der Waals surface area contributed by atoms with Gasteiger partial charge in [-0.3, -0.25) is 0 Å². The van der Waals surface area contributed by atoms with Crippen LogP contribution in [0.25, 0.3) is 33.2 Å². The van der Waals surface area contributed by atoms with Crippen molar-refractivity contribution in [2.45, 2.75) is 11.5 Å². The van der Waals surface area contributed by atoms with Gasteiger partial charge >= 0.3 is 6.11 Å². The summed E-state index contributed by atoms with van der Waals surface area (Å²) >= 11 is 19.7. The van der Waals surface area contributed by atoms with Gasteiger partial charge in [0.05, 0.1) is 20.5 Å². The highest BCUT2D eigenvalue weighted by atomic mass is 35.5. The van der Waals surface area contributed by atoms with Crippen molar-refractivity contribution < 1.29 is 17.9 Å². The third-order valence-corrected chi connectivity index (χ3v) is 7.10. The quantitative estimate of drug-likeness (QED) is 0.174. The minimum absolute atomic E-state index is 0.0612. The Bertz CT molecular complexity index is 1340. The smallest absolute Gasteiger partial charge is 0.418 e. The molecule has 4 aromatic rings. The van der Waals surface area contributed by atoms with Crippen LogP contribution in [0.2, 0.25) is 10.0 Å². The molecule has 2 heterocycles. The van der Waals surface area contributed by atoms with E-state index in [-0.39, 0.29) is 22.2 Å². The molecule has 11 heteroatoms. The van der Waals surface area contributed by atoms with Gasteiger partial charge in [0.25, 0.3) is 0 Å². The molecular weight excluding hydrogens is 530 g/mol. The molecule has 0 unspecified atom stereocenters. The van der Waals surface area contributed by atoms with E-state index in [1.807, 2.05) is 0 Å². The van der Waals surface area contributed by atoms with E-state index < -0.39 is 17.3 Å². The van der Waals surface area contributed by atoms with Crippen LogP contribution in [0.3, 0.4) is 0 Å². The predicted molar refractivity (Wildman–Crippen MR) is 131 cm³/mol. The standard InChI is InChI=1S/C23H15Cl3F3N3OS/c1-3-17(25)23(28,29)33-13-9-7-12(8-10-13)20-19(26)14(11-34-20)22-30-21(31-32(22)2)18-15(24)5-4-6-16(18)27/h3-11,17H,1H2,2H3/t17-/m1/s1. The number of hydrogen-bond acceptors (Lipinski definition) is 4. The van der Waals surface area contributed by atoms with Crippen LogP contribution < -0.4 is 4.74 Å². The molecule has 0 aliphatic carbocycles. The number of ether oxygens (including phenoxy) is 1. The summed E-state index contributed by atoms with van der Waals surface area (Å²) in [7, 11) is 1.66. The van der Waals surface area contributed by atoms with Crippen molar-refractivity contribution in [3.63, 3.8) is 0 Å². The van der Waals surface area contributed by atoms with Crippen molar-refractivity contribution in [1.29, 1.82) is 0 Å². The van der Waals surface area contributed by atoms with Gasteiger partial charge in [-0.1, -0.05) is 35.3 Å². The van der Waals surface area contributed by atoms with Crippen LogP contribution in [0.4, 0.5) is 13.2 Å². The zero-order chi connectivity index (χ0) is 24.6. The lowest BCUT2D eigenvalue weighted by molar-refractivity contribution is -0.169. The first-order valence-electron chi connectivity index (χ1n) is 9.69. The van der Waals surface area contributed by atoms with Gasteiger partial charge in [0.15, 0.2) is 17.0 Å². The fourth-order valence-corrected chi connectivity index (χ4v) is 4.83. The Morgan fingerprint density at radius 3 is 2.53 bits per heavy atom. The second-order valence-corrected chi connectivity index (χ2v) is 9.23. The van der Waals surface area contributed by atoms with Gasteiger partial charge in [-0.15, -0.1) is 29.5 Å². The molecule has 2 aromatic carbocycles. The average Bonchev–Trinajstić information content (AvgIpc) is 3.35. The van der Waals surface area contributed by atoms with Gasteiger partial charge in [0.2, 0.25) is 0 Å². The number of rotatable bonds is 7. The molecule has 0 bridgehead atoms. The number of aromatic nitrogens is 3. The van der Waals surface area contributed by atoms with Crippen LogP contribution in [0.5, 0.6) is 5.75 Å². The second kappa shape index (κ2) is 9.62. The fourth-order valence-electron chi connectivity index (χ4n) is 3.15. The number of benzene rings is 2. The Labute approximate surface area is 212 Å². The van der Waals surface area contributed by atoms with Crippen LogP contribution in [-0.2, 0) is 7.05 Å². The molecule has 0 spiro atoms. The molecule has 2 aromatic heterocycles. The third kappa shape index (κ3) is 4.68. The Hall–Kier alpha value is -2.52. The van der Waals surface area contributed by atoms with Crippen molar-refractivity contribution >= 4 is 46.1 Å². The maximum absolute atomic E-state index is 14.3. The lowest BCUT2D eigenvalue weighted by atomic mass is 10.1. The number of alkyl halides is 3. The highest BCUT2D eigenvalue weighted by Crippen LogP contribution is 2.42. The molecule has 0 saturated heterocycles. The van der Waals surface area contributed by atoms with E-state index in [1.54, 1.807) is 30.6 Å². The number of nitrogens with zero attached hydrogens (tertiary/aromatic N) is 3. The highest BCUT2D eigenvalue weighted by Gasteiger charge is 2.39. The summed E-state index contributed by atoms with van der Waals surface area (Å²) in [6.45, 7) is 3.25. The molecule has 0 N–H and O–H groups in total. The summed E-state index contributed by atoms with van der Waals surface area (Å²) in [5.41, 5.74) is 1.36. The van der Waals surface area contributed by atoms with Gasteiger partial charge in [0.1, 0.15) is 11.6 Å². The van der Waals surface area contributed by atoms with E-state index in [9.17, 15) is 13.2 Å². The van der Waals surface area contributed by atoms with Crippen molar-refractivity contribution in [2.24, 2.45) is 7.05 Å². The molecule has 4 nitrogen and oxygen atoms in total. The van der Waals surface area contributed by atoms with Crippen molar-refractivity contribution in [3.8, 4) is 39.0 Å². The second-order valence-electron chi connectivity index (χ2n) is 7.10. The monoisotopic (exact) mass is 543 g/mol. The predicted octanol–water partition coefficient (Wildman–Crippen LogP) is 8.09. The van der Waals surface area contributed by atoms with Crippen molar-refractivity contribution in [1.82, 2.24) is 14.8 Å². The van der Waals surface area contributed by atoms with Crippen LogP contribution in [-0.4, -0.2) is 26.3 Å². The maximum Gasteiger partial charge on any atom is 0.418 e. The molecule has 1 atom stereocenters. The van der Waals surface area contributed by atoms with E-state index in [0.29, 0.717) is 26.9 Å². The lowest BCUT2D eigenvalue weighted by Crippen LogP contribution is -2.34. The van der Waals surface area contributed by atoms with Crippen LogP contribution in [0.15, 0.2) is 60.5 Å². The van der Waals surface area contributed by atoms with E-state index in [2.05, 4.69) is 16.7 Å². The molecule has 0 radical (unpaired) electrons. The summed E-state index contributed by atoms with van der Waals surface area (Å²) in [5, 5.41) is 4.99. The fraction of sp³-hybridized carbons (Fsp3) is 0.130. The first kappa shape index (κ1) is 24.6.